The van der Waals surface area contributed by atoms with Gasteiger partial charge in [0.25, 0.3) is 0 Å². The topological polar surface area (TPSA) is 37.8 Å². The van der Waals surface area contributed by atoms with Crippen molar-refractivity contribution >= 4 is 36.2 Å². The van der Waals surface area contributed by atoms with Gasteiger partial charge >= 0.3 is 156 Å². The number of nitrogens with one attached hydrogen (secondary N) is 1. The fraction of sp³-hybridized carbons (Fsp3) is 0.474. The van der Waals surface area contributed by atoms with Crippen LogP contribution in [0.1, 0.15) is 56.2 Å². The van der Waals surface area contributed by atoms with Crippen LogP contribution in [0.5, 0.6) is 0 Å². The summed E-state index contributed by atoms with van der Waals surface area (Å²) in [5.41, 5.74) is 3.39. The molecule has 1 N–H and O–H groups in total. The van der Waals surface area contributed by atoms with Crippen molar-refractivity contribution in [1.82, 2.24) is 9.55 Å². The molecule has 1 heterocycles. The van der Waals surface area contributed by atoms with Crippen molar-refractivity contribution in [2.75, 3.05) is 0 Å². The Morgan fingerprint density at radius 2 is 1.83 bits per heavy atom. The van der Waals surface area contributed by atoms with E-state index < -0.39 is 0 Å². The van der Waals surface area contributed by atoms with E-state index in [0.717, 1.165) is 29.5 Å². The summed E-state index contributed by atoms with van der Waals surface area (Å²) >= 11 is 5.53. The molecule has 2 rings (SSSR count). The van der Waals surface area contributed by atoms with Gasteiger partial charge in [0.15, 0.2) is 0 Å². The van der Waals surface area contributed by atoms with Gasteiger partial charge in [0.2, 0.25) is 0 Å². The predicted molar refractivity (Wildman–Crippen MR) is 106 cm³/mol. The average molecular weight is 409 g/mol. The number of H-pyrrole nitrogens is 1. The Hall–Kier alpha value is -1.16. The molecule has 3 nitrogen and oxygen atoms in total. The van der Waals surface area contributed by atoms with E-state index in [9.17, 15) is 4.79 Å². The van der Waals surface area contributed by atoms with Crippen molar-refractivity contribution < 1.29 is 0 Å². The Morgan fingerprint density at radius 3 is 2.38 bits per heavy atom. The summed E-state index contributed by atoms with van der Waals surface area (Å²) in [6.07, 6.45) is 2.17. The van der Waals surface area contributed by atoms with Crippen molar-refractivity contribution in [3.63, 3.8) is 0 Å². The summed E-state index contributed by atoms with van der Waals surface area (Å²) in [5.74, 6) is 0.181. The monoisotopic (exact) mass is 410 g/mol. The van der Waals surface area contributed by atoms with Gasteiger partial charge in [-0.05, 0) is 0 Å². The van der Waals surface area contributed by atoms with E-state index in [1.54, 1.807) is 0 Å². The van der Waals surface area contributed by atoms with Crippen LogP contribution in [0.3, 0.4) is 0 Å². The standard InChI is InChI=1S/C19H26N2OSSe/c1-6-7-8-21-18(16(12(2)3)17(22)20-19(21)23)24-15-10-13(4)9-14(5)11-15/h9-12H,6-8H2,1-5H3,(H,20,22,23). The van der Waals surface area contributed by atoms with E-state index in [1.165, 1.54) is 15.6 Å². The Balaban J connectivity index is 2.63. The van der Waals surface area contributed by atoms with Gasteiger partial charge in [-0.25, -0.2) is 0 Å². The first-order valence-electron chi connectivity index (χ1n) is 8.46. The molecule has 0 aliphatic heterocycles. The van der Waals surface area contributed by atoms with Crippen LogP contribution in [0.2, 0.25) is 0 Å². The van der Waals surface area contributed by atoms with Crippen LogP contribution in [0.25, 0.3) is 0 Å². The number of benzene rings is 1. The predicted octanol–water partition coefficient (Wildman–Crippen LogP) is 3.10. The third kappa shape index (κ3) is 4.47. The van der Waals surface area contributed by atoms with E-state index in [4.69, 9.17) is 12.2 Å². The van der Waals surface area contributed by atoms with Gasteiger partial charge in [0.05, 0.1) is 0 Å². The van der Waals surface area contributed by atoms with Gasteiger partial charge in [0, 0.05) is 0 Å². The Morgan fingerprint density at radius 1 is 1.21 bits per heavy atom. The second-order valence-electron chi connectivity index (χ2n) is 6.56. The van der Waals surface area contributed by atoms with Gasteiger partial charge in [0.1, 0.15) is 0 Å². The summed E-state index contributed by atoms with van der Waals surface area (Å²) < 4.78 is 5.14. The summed E-state index contributed by atoms with van der Waals surface area (Å²) in [6.45, 7) is 11.5. The zero-order chi connectivity index (χ0) is 17.9. The fourth-order valence-electron chi connectivity index (χ4n) is 2.81. The number of nitrogens with zero attached hydrogens (tertiary/aromatic N) is 1. The zero-order valence-corrected chi connectivity index (χ0v) is 17.6. The number of aromatic nitrogens is 2. The molecular weight excluding hydrogens is 383 g/mol. The van der Waals surface area contributed by atoms with Gasteiger partial charge in [-0.3, -0.25) is 0 Å². The van der Waals surface area contributed by atoms with Gasteiger partial charge in [-0.15, -0.1) is 0 Å². The molecule has 0 aliphatic rings. The molecule has 0 aliphatic carbocycles. The Labute approximate surface area is 155 Å². The number of aryl methyl sites for hydroxylation is 2. The second-order valence-corrected chi connectivity index (χ2v) is 9.18. The number of hydrogen-bond donors (Lipinski definition) is 1. The molecule has 0 saturated carbocycles. The number of hydrogen-bond acceptors (Lipinski definition) is 2. The molecule has 1 aromatic heterocycles. The van der Waals surface area contributed by atoms with E-state index >= 15 is 0 Å². The van der Waals surface area contributed by atoms with Crippen LogP contribution in [0.15, 0.2) is 23.0 Å². The molecule has 0 saturated heterocycles. The second kappa shape index (κ2) is 8.28. The van der Waals surface area contributed by atoms with E-state index in [1.807, 2.05) is 0 Å². The molecule has 0 radical (unpaired) electrons. The van der Waals surface area contributed by atoms with Crippen LogP contribution in [0.4, 0.5) is 0 Å². The Kier molecular flexibility index (Phi) is 6.62. The van der Waals surface area contributed by atoms with E-state index in [-0.39, 0.29) is 26.4 Å². The third-order valence-electron chi connectivity index (χ3n) is 3.91. The third-order valence-corrected chi connectivity index (χ3v) is 6.55. The number of unbranched alkanes of at least 4 members (excludes halogenated alkanes) is 1. The normalized spacial score (nSPS) is 11.2. The molecule has 1 aromatic carbocycles. The van der Waals surface area contributed by atoms with Gasteiger partial charge in [-0.2, -0.15) is 0 Å². The van der Waals surface area contributed by atoms with E-state index in [2.05, 4.69) is 62.4 Å². The summed E-state index contributed by atoms with van der Waals surface area (Å²) in [4.78, 5) is 15.4. The van der Waals surface area contributed by atoms with Crippen LogP contribution < -0.4 is 14.6 Å². The molecule has 2 aromatic rings. The summed E-state index contributed by atoms with van der Waals surface area (Å²) in [5, 5.41) is 0. The summed E-state index contributed by atoms with van der Waals surface area (Å²) in [7, 11) is 0. The molecule has 0 atom stereocenters. The molecule has 0 bridgehead atoms. The minimum atomic E-state index is -0.0241. The number of rotatable bonds is 6. The Bertz CT molecular complexity index is 816. The maximum atomic E-state index is 12.5. The van der Waals surface area contributed by atoms with Crippen LogP contribution >= 0.6 is 12.2 Å². The van der Waals surface area contributed by atoms with Crippen molar-refractivity contribution in [1.29, 1.82) is 0 Å². The molecule has 130 valence electrons. The quantitative estimate of drug-likeness (QED) is 0.588. The molecule has 0 unspecified atom stereocenters. The average Bonchev–Trinajstić information content (AvgIpc) is 2.45. The molecule has 0 spiro atoms. The first-order valence-corrected chi connectivity index (χ1v) is 10.6. The molecule has 5 heteroatoms. The fourth-order valence-corrected chi connectivity index (χ4v) is 6.24. The van der Waals surface area contributed by atoms with Crippen molar-refractivity contribution in [3.8, 4) is 0 Å². The van der Waals surface area contributed by atoms with Crippen molar-refractivity contribution in [2.24, 2.45) is 0 Å². The first-order chi connectivity index (χ1) is 11.3. The van der Waals surface area contributed by atoms with Crippen molar-refractivity contribution in [3.05, 3.63) is 50.0 Å². The number of aromatic amines is 1. The van der Waals surface area contributed by atoms with Crippen LogP contribution in [-0.2, 0) is 6.54 Å². The first kappa shape index (κ1) is 19.2. The van der Waals surface area contributed by atoms with Crippen LogP contribution in [-0.4, -0.2) is 24.5 Å². The molecule has 24 heavy (non-hydrogen) atoms. The van der Waals surface area contributed by atoms with E-state index in [0.29, 0.717) is 4.77 Å². The zero-order valence-electron chi connectivity index (χ0n) is 15.1. The van der Waals surface area contributed by atoms with Gasteiger partial charge < -0.3 is 0 Å². The molecular formula is C19H26N2OSSe. The minimum absolute atomic E-state index is 0.0241. The summed E-state index contributed by atoms with van der Waals surface area (Å²) in [6, 6.07) is 6.64. The van der Waals surface area contributed by atoms with Crippen molar-refractivity contribution in [2.45, 2.75) is 59.9 Å². The maximum absolute atomic E-state index is 12.5. The van der Waals surface area contributed by atoms with Crippen LogP contribution in [0, 0.1) is 18.6 Å². The molecule has 0 amide bonds. The molecule has 0 fully saturated rings. The SMILES string of the molecule is CCCCn1c([Se]c2cc(C)cc(C)c2)c(C(C)C)c(=O)[nH]c1=S. The van der Waals surface area contributed by atoms with Gasteiger partial charge in [-0.1, -0.05) is 0 Å².